The maximum Gasteiger partial charge on any atom is 0.260 e. The molecule has 2 aliphatic rings. The van der Waals surface area contributed by atoms with E-state index in [-0.39, 0.29) is 18.1 Å². The van der Waals surface area contributed by atoms with Gasteiger partial charge in [-0.25, -0.2) is 0 Å². The predicted octanol–water partition coefficient (Wildman–Crippen LogP) is 4.74. The molecule has 27 heavy (non-hydrogen) atoms. The van der Waals surface area contributed by atoms with E-state index in [1.165, 1.54) is 50.5 Å². The maximum atomic E-state index is 12.6. The van der Waals surface area contributed by atoms with Gasteiger partial charge in [0.25, 0.3) is 5.91 Å². The van der Waals surface area contributed by atoms with Gasteiger partial charge >= 0.3 is 0 Å². The van der Waals surface area contributed by atoms with Gasteiger partial charge in [-0.2, -0.15) is 0 Å². The summed E-state index contributed by atoms with van der Waals surface area (Å²) in [5.41, 5.74) is 1.28. The van der Waals surface area contributed by atoms with Gasteiger partial charge in [-0.05, 0) is 45.2 Å². The third-order valence-corrected chi connectivity index (χ3v) is 6.15. The number of hydrogen-bond donors (Lipinski definition) is 0. The van der Waals surface area contributed by atoms with E-state index < -0.39 is 0 Å². The van der Waals surface area contributed by atoms with Crippen LogP contribution in [0, 0.1) is 12.8 Å². The molecule has 1 heterocycles. The summed E-state index contributed by atoms with van der Waals surface area (Å²) in [7, 11) is 0. The monoisotopic (exact) mass is 373 g/mol. The lowest BCUT2D eigenvalue weighted by Crippen LogP contribution is -2.39. The number of carbonyl (C=O) groups excluding carboxylic acids is 1. The molecule has 3 rings (SSSR count). The molecule has 1 spiro atoms. The number of likely N-dealkylation sites (N-methyl/N-ethyl adjacent to an activating group) is 1. The molecule has 1 aromatic carbocycles. The van der Waals surface area contributed by atoms with Gasteiger partial charge < -0.3 is 14.4 Å². The van der Waals surface area contributed by atoms with Crippen LogP contribution >= 0.6 is 0 Å². The zero-order valence-corrected chi connectivity index (χ0v) is 17.0. The smallest absolute Gasteiger partial charge is 0.260 e. The summed E-state index contributed by atoms with van der Waals surface area (Å²) in [5, 5.41) is 0. The lowest BCUT2D eigenvalue weighted by atomic mass is 9.82. The Bertz CT molecular complexity index is 590. The average molecular weight is 374 g/mol. The third-order valence-electron chi connectivity index (χ3n) is 6.15. The molecule has 150 valence electrons. The van der Waals surface area contributed by atoms with Crippen LogP contribution in [0.15, 0.2) is 24.3 Å². The van der Waals surface area contributed by atoms with Crippen molar-refractivity contribution in [2.24, 2.45) is 5.92 Å². The predicted molar refractivity (Wildman–Crippen MR) is 108 cm³/mol. The number of amides is 1. The Morgan fingerprint density at radius 2 is 1.81 bits per heavy atom. The summed E-state index contributed by atoms with van der Waals surface area (Å²) >= 11 is 0. The van der Waals surface area contributed by atoms with Crippen LogP contribution in [-0.4, -0.2) is 42.7 Å². The van der Waals surface area contributed by atoms with Gasteiger partial charge in [0.15, 0.2) is 6.61 Å². The molecule has 1 amide bonds. The Hall–Kier alpha value is -1.55. The first-order valence-corrected chi connectivity index (χ1v) is 10.7. The van der Waals surface area contributed by atoms with Gasteiger partial charge in [0, 0.05) is 19.0 Å². The van der Waals surface area contributed by atoms with Crippen molar-refractivity contribution in [2.45, 2.75) is 70.8 Å². The van der Waals surface area contributed by atoms with Crippen molar-refractivity contribution < 1.29 is 14.3 Å². The number of aryl methyl sites for hydroxylation is 1. The molecule has 1 saturated heterocycles. The highest BCUT2D eigenvalue weighted by atomic mass is 16.5. The summed E-state index contributed by atoms with van der Waals surface area (Å²) in [6, 6.07) is 7.84. The molecule has 4 nitrogen and oxygen atoms in total. The molecule has 1 unspecified atom stereocenters. The summed E-state index contributed by atoms with van der Waals surface area (Å²) < 4.78 is 12.0. The molecule has 1 aliphatic carbocycles. The highest BCUT2D eigenvalue weighted by Crippen LogP contribution is 2.40. The Labute approximate surface area is 164 Å². The summed E-state index contributed by atoms with van der Waals surface area (Å²) in [4.78, 5) is 14.6. The minimum Gasteiger partial charge on any atom is -0.484 e. The van der Waals surface area contributed by atoms with Crippen LogP contribution in [0.1, 0.15) is 63.9 Å². The van der Waals surface area contributed by atoms with Gasteiger partial charge in [-0.15, -0.1) is 0 Å². The van der Waals surface area contributed by atoms with E-state index in [0.717, 1.165) is 31.9 Å². The summed E-state index contributed by atoms with van der Waals surface area (Å²) in [6.07, 6.45) is 10.1. The maximum absolute atomic E-state index is 12.6. The number of nitrogens with zero attached hydrogens (tertiary/aromatic N) is 1. The SMILES string of the molecule is CCN(CC1COC2(CCCCCCC2)C1)C(=O)COc1ccc(C)cc1. The highest BCUT2D eigenvalue weighted by Gasteiger charge is 2.40. The van der Waals surface area contributed by atoms with Crippen molar-refractivity contribution >= 4 is 5.91 Å². The molecule has 1 aliphatic heterocycles. The van der Waals surface area contributed by atoms with E-state index in [1.807, 2.05) is 43.0 Å². The van der Waals surface area contributed by atoms with Crippen LogP contribution in [0.3, 0.4) is 0 Å². The minimum atomic E-state index is 0.0664. The van der Waals surface area contributed by atoms with E-state index >= 15 is 0 Å². The molecular weight excluding hydrogens is 338 g/mol. The second kappa shape index (κ2) is 9.59. The van der Waals surface area contributed by atoms with Crippen LogP contribution in [0.2, 0.25) is 0 Å². The fourth-order valence-corrected chi connectivity index (χ4v) is 4.54. The Morgan fingerprint density at radius 1 is 1.15 bits per heavy atom. The van der Waals surface area contributed by atoms with Gasteiger partial charge in [-0.3, -0.25) is 4.79 Å². The van der Waals surface area contributed by atoms with Crippen molar-refractivity contribution in [3.63, 3.8) is 0 Å². The van der Waals surface area contributed by atoms with Crippen molar-refractivity contribution in [2.75, 3.05) is 26.3 Å². The van der Waals surface area contributed by atoms with Crippen LogP contribution in [0.25, 0.3) is 0 Å². The topological polar surface area (TPSA) is 38.8 Å². The Morgan fingerprint density at radius 3 is 2.48 bits per heavy atom. The standard InChI is InChI=1S/C23H35NO3/c1-3-24(22(25)18-26-21-11-9-19(2)10-12-21)16-20-15-23(27-17-20)13-7-5-4-6-8-14-23/h9-12,20H,3-8,13-18H2,1-2H3. The number of carbonyl (C=O) groups is 1. The zero-order chi connectivity index (χ0) is 19.1. The van der Waals surface area contributed by atoms with E-state index in [9.17, 15) is 4.79 Å². The first kappa shape index (κ1) is 20.2. The molecule has 0 bridgehead atoms. The normalized spacial score (nSPS) is 22.2. The lowest BCUT2D eigenvalue weighted by Gasteiger charge is -2.31. The molecule has 0 aromatic heterocycles. The minimum absolute atomic E-state index is 0.0664. The van der Waals surface area contributed by atoms with Crippen LogP contribution in [0.4, 0.5) is 0 Å². The third kappa shape index (κ3) is 5.71. The number of ether oxygens (including phenoxy) is 2. The van der Waals surface area contributed by atoms with Crippen molar-refractivity contribution in [3.8, 4) is 5.75 Å². The molecule has 1 atom stereocenters. The average Bonchev–Trinajstić information content (AvgIpc) is 3.06. The van der Waals surface area contributed by atoms with Gasteiger partial charge in [-0.1, -0.05) is 49.8 Å². The molecule has 2 fully saturated rings. The van der Waals surface area contributed by atoms with Gasteiger partial charge in [0.05, 0.1) is 12.2 Å². The quantitative estimate of drug-likeness (QED) is 0.723. The van der Waals surface area contributed by atoms with Crippen LogP contribution < -0.4 is 4.74 Å². The van der Waals surface area contributed by atoms with E-state index in [2.05, 4.69) is 0 Å². The summed E-state index contributed by atoms with van der Waals surface area (Å²) in [5.74, 6) is 1.27. The fraction of sp³-hybridized carbons (Fsp3) is 0.696. The van der Waals surface area contributed by atoms with Gasteiger partial charge in [0.1, 0.15) is 5.75 Å². The number of rotatable bonds is 6. The molecule has 1 saturated carbocycles. The second-order valence-corrected chi connectivity index (χ2v) is 8.37. The fourth-order valence-electron chi connectivity index (χ4n) is 4.54. The van der Waals surface area contributed by atoms with Crippen molar-refractivity contribution in [1.82, 2.24) is 4.90 Å². The first-order valence-electron chi connectivity index (χ1n) is 10.7. The van der Waals surface area contributed by atoms with E-state index in [1.54, 1.807) is 0 Å². The molecule has 4 heteroatoms. The Kier molecular flexibility index (Phi) is 7.17. The van der Waals surface area contributed by atoms with Crippen molar-refractivity contribution in [3.05, 3.63) is 29.8 Å². The van der Waals surface area contributed by atoms with Crippen LogP contribution in [-0.2, 0) is 9.53 Å². The van der Waals surface area contributed by atoms with E-state index in [4.69, 9.17) is 9.47 Å². The van der Waals surface area contributed by atoms with Gasteiger partial charge in [0.2, 0.25) is 0 Å². The molecular formula is C23H35NO3. The van der Waals surface area contributed by atoms with Crippen LogP contribution in [0.5, 0.6) is 5.75 Å². The molecule has 1 aromatic rings. The number of hydrogen-bond acceptors (Lipinski definition) is 3. The highest BCUT2D eigenvalue weighted by molar-refractivity contribution is 5.77. The number of benzene rings is 1. The Balaban J connectivity index is 1.49. The largest absolute Gasteiger partial charge is 0.484 e. The zero-order valence-electron chi connectivity index (χ0n) is 17.0. The first-order chi connectivity index (χ1) is 13.1. The lowest BCUT2D eigenvalue weighted by molar-refractivity contribution is -0.133. The summed E-state index contributed by atoms with van der Waals surface area (Å²) in [6.45, 7) is 6.50. The second-order valence-electron chi connectivity index (χ2n) is 8.37. The molecule has 0 N–H and O–H groups in total. The van der Waals surface area contributed by atoms with E-state index in [0.29, 0.717) is 5.92 Å². The molecule has 0 radical (unpaired) electrons. The van der Waals surface area contributed by atoms with Crippen molar-refractivity contribution in [1.29, 1.82) is 0 Å².